The minimum absolute atomic E-state index is 0.241. The van der Waals surface area contributed by atoms with E-state index in [-0.39, 0.29) is 6.61 Å². The highest BCUT2D eigenvalue weighted by atomic mass is 16.3. The highest BCUT2D eigenvalue weighted by Gasteiger charge is 2.05. The van der Waals surface area contributed by atoms with Crippen molar-refractivity contribution in [1.82, 2.24) is 4.57 Å². The lowest BCUT2D eigenvalue weighted by atomic mass is 10.2. The molecule has 3 heteroatoms. The third kappa shape index (κ3) is 2.86. The molecule has 0 aromatic carbocycles. The summed E-state index contributed by atoms with van der Waals surface area (Å²) in [6.07, 6.45) is 3.31. The van der Waals surface area contributed by atoms with Crippen molar-refractivity contribution in [3.63, 3.8) is 0 Å². The van der Waals surface area contributed by atoms with Gasteiger partial charge < -0.3 is 14.8 Å². The van der Waals surface area contributed by atoms with Crippen molar-refractivity contribution < 1.29 is 10.2 Å². The Balaban J connectivity index is 2.50. The van der Waals surface area contributed by atoms with Crippen LogP contribution in [-0.4, -0.2) is 21.4 Å². The number of aromatic nitrogens is 1. The van der Waals surface area contributed by atoms with Gasteiger partial charge in [0.1, 0.15) is 0 Å². The van der Waals surface area contributed by atoms with E-state index in [0.29, 0.717) is 0 Å². The predicted molar refractivity (Wildman–Crippen MR) is 51.4 cm³/mol. The zero-order valence-electron chi connectivity index (χ0n) is 7.98. The molecule has 0 bridgehead atoms. The smallest absolute Gasteiger partial charge is 0.0911 e. The Morgan fingerprint density at radius 2 is 2.23 bits per heavy atom. The number of aryl methyl sites for hydroxylation is 1. The number of hydrogen-bond acceptors (Lipinski definition) is 2. The predicted octanol–water partition coefficient (Wildman–Crippen LogP) is 1.31. The molecule has 0 amide bonds. The van der Waals surface area contributed by atoms with Crippen LogP contribution in [0.4, 0.5) is 0 Å². The van der Waals surface area contributed by atoms with Crippen LogP contribution >= 0.6 is 0 Å². The van der Waals surface area contributed by atoms with E-state index in [0.717, 1.165) is 25.1 Å². The number of unbranched alkanes of at least 4 members (excludes halogenated alkanes) is 1. The Bertz CT molecular complexity index is 243. The first-order valence-electron chi connectivity index (χ1n) is 4.69. The molecule has 0 aliphatic heterocycles. The van der Waals surface area contributed by atoms with Crippen LogP contribution in [0.1, 0.15) is 31.6 Å². The third-order valence-corrected chi connectivity index (χ3v) is 2.10. The van der Waals surface area contributed by atoms with Crippen molar-refractivity contribution in [3.05, 3.63) is 24.0 Å². The summed E-state index contributed by atoms with van der Waals surface area (Å²) in [4.78, 5) is 0. The van der Waals surface area contributed by atoms with E-state index < -0.39 is 6.10 Å². The monoisotopic (exact) mass is 183 g/mol. The molecule has 0 saturated heterocycles. The van der Waals surface area contributed by atoms with E-state index in [4.69, 9.17) is 5.11 Å². The van der Waals surface area contributed by atoms with E-state index in [1.54, 1.807) is 6.92 Å². The summed E-state index contributed by atoms with van der Waals surface area (Å²) in [5.74, 6) is 0. The molecule has 1 aromatic rings. The molecule has 1 heterocycles. The summed E-state index contributed by atoms with van der Waals surface area (Å²) in [7, 11) is 0. The normalized spacial score (nSPS) is 13.2. The summed E-state index contributed by atoms with van der Waals surface area (Å²) < 4.78 is 2.03. The highest BCUT2D eigenvalue weighted by molar-refractivity contribution is 5.09. The first-order chi connectivity index (χ1) is 6.25. The molecule has 1 unspecified atom stereocenters. The molecule has 13 heavy (non-hydrogen) atoms. The SMILES string of the molecule is CC(O)c1cccn1CCCCO. The minimum Gasteiger partial charge on any atom is -0.396 e. The summed E-state index contributed by atoms with van der Waals surface area (Å²) >= 11 is 0. The molecule has 74 valence electrons. The molecule has 0 fully saturated rings. The van der Waals surface area contributed by atoms with Crippen LogP contribution in [0.25, 0.3) is 0 Å². The summed E-state index contributed by atoms with van der Waals surface area (Å²) in [6, 6.07) is 3.85. The first kappa shape index (κ1) is 10.3. The molecule has 0 radical (unpaired) electrons. The maximum atomic E-state index is 9.38. The zero-order valence-corrected chi connectivity index (χ0v) is 7.98. The second kappa shape index (κ2) is 5.04. The number of rotatable bonds is 5. The molecule has 0 saturated carbocycles. The number of nitrogens with zero attached hydrogens (tertiary/aromatic N) is 1. The van der Waals surface area contributed by atoms with E-state index in [2.05, 4.69) is 0 Å². The van der Waals surface area contributed by atoms with Gasteiger partial charge >= 0.3 is 0 Å². The maximum Gasteiger partial charge on any atom is 0.0911 e. The molecule has 1 rings (SSSR count). The van der Waals surface area contributed by atoms with Crippen molar-refractivity contribution in [3.8, 4) is 0 Å². The van der Waals surface area contributed by atoms with Crippen LogP contribution in [-0.2, 0) is 6.54 Å². The fourth-order valence-corrected chi connectivity index (χ4v) is 1.40. The van der Waals surface area contributed by atoms with Gasteiger partial charge in [-0.3, -0.25) is 0 Å². The van der Waals surface area contributed by atoms with Crippen LogP contribution in [0.5, 0.6) is 0 Å². The van der Waals surface area contributed by atoms with Gasteiger partial charge in [-0.05, 0) is 31.9 Å². The second-order valence-electron chi connectivity index (χ2n) is 3.23. The van der Waals surface area contributed by atoms with E-state index in [1.807, 2.05) is 22.9 Å². The van der Waals surface area contributed by atoms with Gasteiger partial charge in [-0.2, -0.15) is 0 Å². The van der Waals surface area contributed by atoms with Gasteiger partial charge in [0.15, 0.2) is 0 Å². The Kier molecular flexibility index (Phi) is 3.99. The standard InChI is InChI=1S/C10H17NO2/c1-9(13)10-5-4-7-11(10)6-2-3-8-12/h4-5,7,9,12-13H,2-3,6,8H2,1H3. The lowest BCUT2D eigenvalue weighted by Crippen LogP contribution is -2.05. The van der Waals surface area contributed by atoms with Crippen molar-refractivity contribution in [2.24, 2.45) is 0 Å². The van der Waals surface area contributed by atoms with Gasteiger partial charge in [0.05, 0.1) is 6.10 Å². The van der Waals surface area contributed by atoms with Crippen molar-refractivity contribution >= 4 is 0 Å². The number of aliphatic hydroxyl groups is 2. The van der Waals surface area contributed by atoms with Crippen molar-refractivity contribution in [2.75, 3.05) is 6.61 Å². The minimum atomic E-state index is -0.413. The fraction of sp³-hybridized carbons (Fsp3) is 0.600. The largest absolute Gasteiger partial charge is 0.396 e. The van der Waals surface area contributed by atoms with Gasteiger partial charge in [0.2, 0.25) is 0 Å². The summed E-state index contributed by atoms with van der Waals surface area (Å²) in [6.45, 7) is 2.87. The fourth-order valence-electron chi connectivity index (χ4n) is 1.40. The van der Waals surface area contributed by atoms with E-state index >= 15 is 0 Å². The van der Waals surface area contributed by atoms with Crippen LogP contribution in [0.3, 0.4) is 0 Å². The molecule has 3 nitrogen and oxygen atoms in total. The van der Waals surface area contributed by atoms with Gasteiger partial charge in [0.25, 0.3) is 0 Å². The Labute approximate surface area is 78.6 Å². The Morgan fingerprint density at radius 3 is 2.85 bits per heavy atom. The average molecular weight is 183 g/mol. The highest BCUT2D eigenvalue weighted by Crippen LogP contribution is 2.13. The third-order valence-electron chi connectivity index (χ3n) is 2.10. The van der Waals surface area contributed by atoms with Crippen LogP contribution in [0, 0.1) is 0 Å². The molecule has 1 aromatic heterocycles. The van der Waals surface area contributed by atoms with Gasteiger partial charge in [-0.1, -0.05) is 0 Å². The van der Waals surface area contributed by atoms with Crippen LogP contribution in [0.15, 0.2) is 18.3 Å². The second-order valence-corrected chi connectivity index (χ2v) is 3.23. The van der Waals surface area contributed by atoms with Crippen LogP contribution < -0.4 is 0 Å². The van der Waals surface area contributed by atoms with Crippen LogP contribution in [0.2, 0.25) is 0 Å². The maximum absolute atomic E-state index is 9.38. The lowest BCUT2D eigenvalue weighted by molar-refractivity contribution is 0.188. The molecular weight excluding hydrogens is 166 g/mol. The van der Waals surface area contributed by atoms with E-state index in [9.17, 15) is 5.11 Å². The number of aliphatic hydroxyl groups excluding tert-OH is 2. The molecule has 1 atom stereocenters. The van der Waals surface area contributed by atoms with Gasteiger partial charge in [-0.25, -0.2) is 0 Å². The summed E-state index contributed by atoms with van der Waals surface area (Å²) in [5.41, 5.74) is 0.943. The van der Waals surface area contributed by atoms with Gasteiger partial charge in [0, 0.05) is 25.0 Å². The molecular formula is C10H17NO2. The average Bonchev–Trinajstić information content (AvgIpc) is 2.53. The summed E-state index contributed by atoms with van der Waals surface area (Å²) in [5, 5.41) is 18.0. The Hall–Kier alpha value is -0.800. The topological polar surface area (TPSA) is 45.4 Å². The Morgan fingerprint density at radius 1 is 1.46 bits per heavy atom. The molecule has 2 N–H and O–H groups in total. The zero-order chi connectivity index (χ0) is 9.68. The van der Waals surface area contributed by atoms with Gasteiger partial charge in [-0.15, -0.1) is 0 Å². The molecule has 0 spiro atoms. The molecule has 0 aliphatic carbocycles. The quantitative estimate of drug-likeness (QED) is 0.676. The first-order valence-corrected chi connectivity index (χ1v) is 4.69. The van der Waals surface area contributed by atoms with Crippen molar-refractivity contribution in [2.45, 2.75) is 32.4 Å². The lowest BCUT2D eigenvalue weighted by Gasteiger charge is -2.10. The van der Waals surface area contributed by atoms with E-state index in [1.165, 1.54) is 0 Å². The number of hydrogen-bond donors (Lipinski definition) is 2. The van der Waals surface area contributed by atoms with Crippen molar-refractivity contribution in [1.29, 1.82) is 0 Å². The molecule has 0 aliphatic rings.